The zero-order chi connectivity index (χ0) is 17.3. The van der Waals surface area contributed by atoms with Gasteiger partial charge in [-0.2, -0.15) is 0 Å². The Balaban J connectivity index is 2.11. The van der Waals surface area contributed by atoms with Gasteiger partial charge >= 0.3 is 11.9 Å². The molecule has 0 fully saturated rings. The van der Waals surface area contributed by atoms with Crippen molar-refractivity contribution in [1.82, 2.24) is 0 Å². The number of carbonyl (C=O) groups is 2. The Bertz CT molecular complexity index is 731. The molecule has 24 heavy (non-hydrogen) atoms. The maximum Gasteiger partial charge on any atom is 0.355 e. The number of hydrogen-bond acceptors (Lipinski definition) is 8. The molecule has 0 aliphatic carbocycles. The Kier molecular flexibility index (Phi) is 4.26. The van der Waals surface area contributed by atoms with Crippen molar-refractivity contribution in [2.45, 2.75) is 0 Å². The average molecular weight is 339 g/mol. The Hall–Kier alpha value is -2.81. The molecule has 8 nitrogen and oxygen atoms in total. The zero-order valence-corrected chi connectivity index (χ0v) is 13.0. The monoisotopic (exact) mass is 339 g/mol. The summed E-state index contributed by atoms with van der Waals surface area (Å²) < 4.78 is 39.4. The SMILES string of the molecule is COC(=O)C1=C(C(=O)OC)N(c2cc3c(cc2F)OCO3)COC1. The third kappa shape index (κ3) is 2.62. The second-order valence-electron chi connectivity index (χ2n) is 4.87. The van der Waals surface area contributed by atoms with E-state index in [1.165, 1.54) is 18.1 Å². The number of hydrogen-bond donors (Lipinski definition) is 0. The van der Waals surface area contributed by atoms with Gasteiger partial charge in [0.25, 0.3) is 0 Å². The minimum absolute atomic E-state index is 0.0132. The molecule has 0 saturated carbocycles. The normalized spacial score (nSPS) is 16.2. The van der Waals surface area contributed by atoms with E-state index in [1.807, 2.05) is 0 Å². The third-order valence-electron chi connectivity index (χ3n) is 3.57. The smallest absolute Gasteiger partial charge is 0.355 e. The molecule has 1 aromatic rings. The molecule has 2 aliphatic rings. The quantitative estimate of drug-likeness (QED) is 0.753. The lowest BCUT2D eigenvalue weighted by Crippen LogP contribution is -2.39. The summed E-state index contributed by atoms with van der Waals surface area (Å²) in [4.78, 5) is 25.3. The van der Waals surface area contributed by atoms with E-state index in [-0.39, 0.29) is 42.8 Å². The number of fused-ring (bicyclic) bond motifs is 1. The van der Waals surface area contributed by atoms with Crippen LogP contribution in [0, 0.1) is 5.82 Å². The number of carbonyl (C=O) groups excluding carboxylic acids is 2. The molecule has 0 saturated heterocycles. The van der Waals surface area contributed by atoms with E-state index in [1.54, 1.807) is 0 Å². The maximum absolute atomic E-state index is 14.5. The topological polar surface area (TPSA) is 83.5 Å². The lowest BCUT2D eigenvalue weighted by molar-refractivity contribution is -0.140. The first kappa shape index (κ1) is 16.1. The van der Waals surface area contributed by atoms with Gasteiger partial charge in [-0.3, -0.25) is 0 Å². The molecule has 9 heteroatoms. The minimum Gasteiger partial charge on any atom is -0.466 e. The molecular weight excluding hydrogens is 325 g/mol. The molecule has 1 aromatic carbocycles. The van der Waals surface area contributed by atoms with E-state index in [2.05, 4.69) is 4.74 Å². The van der Waals surface area contributed by atoms with Gasteiger partial charge in [0, 0.05) is 12.1 Å². The predicted molar refractivity (Wildman–Crippen MR) is 76.9 cm³/mol. The molecule has 0 aromatic heterocycles. The molecule has 0 N–H and O–H groups in total. The zero-order valence-electron chi connectivity index (χ0n) is 13.0. The lowest BCUT2D eigenvalue weighted by Gasteiger charge is -2.31. The van der Waals surface area contributed by atoms with Crippen LogP contribution >= 0.6 is 0 Å². The van der Waals surface area contributed by atoms with Crippen molar-refractivity contribution in [2.75, 3.05) is 39.3 Å². The van der Waals surface area contributed by atoms with Crippen LogP contribution in [-0.2, 0) is 23.8 Å². The summed E-state index contributed by atoms with van der Waals surface area (Å²) in [6.07, 6.45) is 0. The van der Waals surface area contributed by atoms with E-state index in [4.69, 9.17) is 18.9 Å². The second kappa shape index (κ2) is 6.36. The van der Waals surface area contributed by atoms with Crippen molar-refractivity contribution in [3.63, 3.8) is 0 Å². The summed E-state index contributed by atoms with van der Waals surface area (Å²) in [6.45, 7) is -0.330. The van der Waals surface area contributed by atoms with Crippen LogP contribution in [0.1, 0.15) is 0 Å². The Labute approximate surface area is 136 Å². The number of ether oxygens (including phenoxy) is 5. The van der Waals surface area contributed by atoms with Gasteiger partial charge in [-0.1, -0.05) is 0 Å². The molecule has 3 rings (SSSR count). The molecule has 0 spiro atoms. The van der Waals surface area contributed by atoms with E-state index in [0.29, 0.717) is 5.75 Å². The van der Waals surface area contributed by atoms with E-state index in [0.717, 1.165) is 13.2 Å². The minimum atomic E-state index is -0.809. The first-order chi connectivity index (χ1) is 11.6. The van der Waals surface area contributed by atoms with Crippen molar-refractivity contribution in [1.29, 1.82) is 0 Å². The van der Waals surface area contributed by atoms with E-state index < -0.39 is 17.8 Å². The van der Waals surface area contributed by atoms with Crippen LogP contribution in [0.25, 0.3) is 0 Å². The van der Waals surface area contributed by atoms with Gasteiger partial charge in [0.15, 0.2) is 17.3 Å². The molecule has 2 aliphatic heterocycles. The Morgan fingerprint density at radius 1 is 1.12 bits per heavy atom. The highest BCUT2D eigenvalue weighted by Gasteiger charge is 2.34. The van der Waals surface area contributed by atoms with Gasteiger partial charge in [-0.15, -0.1) is 0 Å². The van der Waals surface area contributed by atoms with Crippen molar-refractivity contribution in [3.8, 4) is 11.5 Å². The molecule has 0 unspecified atom stereocenters. The fourth-order valence-corrected chi connectivity index (χ4v) is 2.45. The number of methoxy groups -OCH3 is 2. The standard InChI is InChI=1S/C15H14FNO7/c1-20-14(18)8-5-22-6-17(13(8)15(19)21-2)10-4-12-11(3-9(10)16)23-7-24-12/h3-4H,5-7H2,1-2H3. The summed E-state index contributed by atoms with van der Waals surface area (Å²) in [5.74, 6) is -1.67. The van der Waals surface area contributed by atoms with E-state index in [9.17, 15) is 14.0 Å². The highest BCUT2D eigenvalue weighted by atomic mass is 19.1. The summed E-state index contributed by atoms with van der Waals surface area (Å²) in [7, 11) is 2.33. The molecule has 2 heterocycles. The van der Waals surface area contributed by atoms with Crippen LogP contribution < -0.4 is 14.4 Å². The maximum atomic E-state index is 14.5. The number of rotatable bonds is 3. The number of halogens is 1. The van der Waals surface area contributed by atoms with E-state index >= 15 is 0 Å². The molecular formula is C15H14FNO7. The van der Waals surface area contributed by atoms with Crippen LogP contribution in [0.5, 0.6) is 11.5 Å². The summed E-state index contributed by atoms with van der Waals surface area (Å²) in [6, 6.07) is 2.50. The van der Waals surface area contributed by atoms with Crippen LogP contribution in [-0.4, -0.2) is 46.3 Å². The van der Waals surface area contributed by atoms with Crippen molar-refractivity contribution >= 4 is 17.6 Å². The lowest BCUT2D eigenvalue weighted by atomic mass is 10.1. The average Bonchev–Trinajstić information content (AvgIpc) is 3.06. The molecule has 0 radical (unpaired) electrons. The van der Waals surface area contributed by atoms with Crippen LogP contribution in [0.3, 0.4) is 0 Å². The molecule has 0 atom stereocenters. The fourth-order valence-electron chi connectivity index (χ4n) is 2.45. The van der Waals surface area contributed by atoms with Gasteiger partial charge in [0.2, 0.25) is 6.79 Å². The number of anilines is 1. The van der Waals surface area contributed by atoms with Gasteiger partial charge in [0.05, 0.1) is 32.1 Å². The van der Waals surface area contributed by atoms with Crippen LogP contribution in [0.4, 0.5) is 10.1 Å². The number of benzene rings is 1. The summed E-state index contributed by atoms with van der Waals surface area (Å²) >= 11 is 0. The number of esters is 2. The Morgan fingerprint density at radius 2 is 1.79 bits per heavy atom. The van der Waals surface area contributed by atoms with Crippen LogP contribution in [0.15, 0.2) is 23.4 Å². The van der Waals surface area contributed by atoms with Gasteiger partial charge in [-0.25, -0.2) is 14.0 Å². The molecule has 0 bridgehead atoms. The summed E-state index contributed by atoms with van der Waals surface area (Å²) in [5.41, 5.74) is -0.221. The third-order valence-corrected chi connectivity index (χ3v) is 3.57. The summed E-state index contributed by atoms with van der Waals surface area (Å²) in [5, 5.41) is 0. The van der Waals surface area contributed by atoms with Gasteiger partial charge < -0.3 is 28.6 Å². The highest BCUT2D eigenvalue weighted by molar-refractivity contribution is 6.03. The largest absolute Gasteiger partial charge is 0.466 e. The van der Waals surface area contributed by atoms with Crippen LogP contribution in [0.2, 0.25) is 0 Å². The van der Waals surface area contributed by atoms with Crippen molar-refractivity contribution in [3.05, 3.63) is 29.2 Å². The number of nitrogens with zero attached hydrogens (tertiary/aromatic N) is 1. The van der Waals surface area contributed by atoms with Gasteiger partial charge in [0.1, 0.15) is 12.4 Å². The Morgan fingerprint density at radius 3 is 2.46 bits per heavy atom. The molecule has 128 valence electrons. The fraction of sp³-hybridized carbons (Fsp3) is 0.333. The van der Waals surface area contributed by atoms with Crippen molar-refractivity contribution in [2.24, 2.45) is 0 Å². The van der Waals surface area contributed by atoms with Crippen molar-refractivity contribution < 1.29 is 37.7 Å². The first-order valence-corrected chi connectivity index (χ1v) is 6.91. The van der Waals surface area contributed by atoms with Gasteiger partial charge in [-0.05, 0) is 0 Å². The first-order valence-electron chi connectivity index (χ1n) is 6.91. The predicted octanol–water partition coefficient (Wildman–Crippen LogP) is 0.949. The highest BCUT2D eigenvalue weighted by Crippen LogP contribution is 2.39. The second-order valence-corrected chi connectivity index (χ2v) is 4.87. The molecule has 0 amide bonds.